The van der Waals surface area contributed by atoms with Crippen LogP contribution >= 0.6 is 11.8 Å². The van der Waals surface area contributed by atoms with Gasteiger partial charge in [0.1, 0.15) is 5.66 Å². The van der Waals surface area contributed by atoms with E-state index in [0.717, 1.165) is 12.1 Å². The van der Waals surface area contributed by atoms with Gasteiger partial charge < -0.3 is 10.5 Å². The van der Waals surface area contributed by atoms with Crippen LogP contribution in [0.15, 0.2) is 35.6 Å². The van der Waals surface area contributed by atoms with Gasteiger partial charge in [-0.3, -0.25) is 4.90 Å². The molecular weight excluding hydrogens is 417 g/mol. The van der Waals surface area contributed by atoms with Gasteiger partial charge in [0.25, 0.3) is 0 Å². The van der Waals surface area contributed by atoms with Crippen LogP contribution in [0.1, 0.15) is 49.4 Å². The molecule has 2 heterocycles. The fourth-order valence-electron chi connectivity index (χ4n) is 3.69. The van der Waals surface area contributed by atoms with Crippen LogP contribution in [-0.4, -0.2) is 34.6 Å². The van der Waals surface area contributed by atoms with Crippen molar-refractivity contribution in [2.75, 3.05) is 17.8 Å². The van der Waals surface area contributed by atoms with E-state index in [2.05, 4.69) is 9.97 Å². The van der Waals surface area contributed by atoms with E-state index in [9.17, 15) is 18.0 Å². The van der Waals surface area contributed by atoms with Crippen LogP contribution < -0.4 is 10.6 Å². The summed E-state index contributed by atoms with van der Waals surface area (Å²) >= 11 is 1.34. The van der Waals surface area contributed by atoms with Gasteiger partial charge in [0.15, 0.2) is 5.16 Å². The van der Waals surface area contributed by atoms with Crippen molar-refractivity contribution in [2.45, 2.75) is 49.6 Å². The number of fused-ring (bicyclic) bond motifs is 1. The maximum absolute atomic E-state index is 13.4. The number of rotatable bonds is 4. The predicted octanol–water partition coefficient (Wildman–Crippen LogP) is 4.78. The van der Waals surface area contributed by atoms with Crippen molar-refractivity contribution >= 4 is 23.5 Å². The Morgan fingerprint density at radius 3 is 2.70 bits per heavy atom. The number of hydrogen-bond donors (Lipinski definition) is 1. The van der Waals surface area contributed by atoms with Gasteiger partial charge in [0.05, 0.1) is 23.6 Å². The minimum atomic E-state index is -4.52. The molecule has 0 aliphatic carbocycles. The van der Waals surface area contributed by atoms with Gasteiger partial charge in [-0.25, -0.2) is 14.8 Å². The first kappa shape index (κ1) is 22.4. The minimum Gasteiger partial charge on any atom is -0.449 e. The number of alkyl halides is 3. The lowest BCUT2D eigenvalue weighted by Gasteiger charge is -2.47. The third kappa shape index (κ3) is 4.11. The van der Waals surface area contributed by atoms with Crippen molar-refractivity contribution < 1.29 is 22.7 Å². The SMILES string of the molecule is CCOC(=O)N1c2ccc(C(F)(F)F)cc2[C@@H](c2ccnc(SC)n2)C[C@@]1(N)CC. The van der Waals surface area contributed by atoms with Crippen molar-refractivity contribution in [2.24, 2.45) is 5.73 Å². The van der Waals surface area contributed by atoms with Gasteiger partial charge in [-0.15, -0.1) is 0 Å². The Morgan fingerprint density at radius 1 is 1.37 bits per heavy atom. The second kappa shape index (κ2) is 8.43. The van der Waals surface area contributed by atoms with Crippen molar-refractivity contribution in [3.63, 3.8) is 0 Å². The number of anilines is 1. The molecule has 2 atom stereocenters. The monoisotopic (exact) mass is 440 g/mol. The van der Waals surface area contributed by atoms with Crippen LogP contribution in [-0.2, 0) is 10.9 Å². The second-order valence-electron chi connectivity index (χ2n) is 6.99. The molecule has 1 aromatic heterocycles. The molecule has 0 fully saturated rings. The topological polar surface area (TPSA) is 81.3 Å². The molecule has 10 heteroatoms. The second-order valence-corrected chi connectivity index (χ2v) is 7.76. The number of carbonyl (C=O) groups is 1. The largest absolute Gasteiger partial charge is 0.449 e. The van der Waals surface area contributed by atoms with E-state index >= 15 is 0 Å². The smallest absolute Gasteiger partial charge is 0.416 e. The van der Waals surface area contributed by atoms with Crippen molar-refractivity contribution in [1.82, 2.24) is 9.97 Å². The lowest BCUT2D eigenvalue weighted by molar-refractivity contribution is -0.137. The van der Waals surface area contributed by atoms with Crippen molar-refractivity contribution in [3.05, 3.63) is 47.3 Å². The van der Waals surface area contributed by atoms with E-state index in [0.29, 0.717) is 28.5 Å². The summed E-state index contributed by atoms with van der Waals surface area (Å²) in [5.74, 6) is -0.535. The summed E-state index contributed by atoms with van der Waals surface area (Å²) in [5, 5.41) is 0.507. The standard InChI is InChI=1S/C20H23F3N4O2S/c1-4-19(24)11-14(15-8-9-25-17(26-15)30-3)13-10-12(20(21,22)23)6-7-16(13)27(19)18(28)29-5-2/h6-10,14H,4-5,11,24H2,1-3H3/t14-,19+/m0/s1. The van der Waals surface area contributed by atoms with E-state index in [1.54, 1.807) is 19.2 Å². The third-order valence-corrected chi connectivity index (χ3v) is 5.79. The number of carbonyl (C=O) groups excluding carboxylic acids is 1. The maximum atomic E-state index is 13.4. The van der Waals surface area contributed by atoms with Gasteiger partial charge in [-0.2, -0.15) is 13.2 Å². The zero-order valence-corrected chi connectivity index (χ0v) is 17.7. The molecule has 0 radical (unpaired) electrons. The summed E-state index contributed by atoms with van der Waals surface area (Å²) in [5.41, 5.74) is 5.87. The maximum Gasteiger partial charge on any atom is 0.416 e. The van der Waals surface area contributed by atoms with Crippen LogP contribution in [0, 0.1) is 0 Å². The van der Waals surface area contributed by atoms with Crippen LogP contribution in [0.5, 0.6) is 0 Å². The third-order valence-electron chi connectivity index (χ3n) is 5.23. The highest BCUT2D eigenvalue weighted by Crippen LogP contribution is 2.47. The van der Waals surface area contributed by atoms with E-state index in [4.69, 9.17) is 10.5 Å². The Balaban J connectivity index is 2.24. The molecule has 0 saturated heterocycles. The number of thioether (sulfide) groups is 1. The molecule has 1 amide bonds. The summed E-state index contributed by atoms with van der Waals surface area (Å²) < 4.78 is 45.5. The van der Waals surface area contributed by atoms with Gasteiger partial charge in [-0.1, -0.05) is 18.7 Å². The van der Waals surface area contributed by atoms with Gasteiger partial charge in [-0.05, 0) is 55.9 Å². The van der Waals surface area contributed by atoms with Crippen molar-refractivity contribution in [1.29, 1.82) is 0 Å². The average molecular weight is 440 g/mol. The first-order valence-electron chi connectivity index (χ1n) is 9.48. The van der Waals surface area contributed by atoms with Gasteiger partial charge in [0.2, 0.25) is 0 Å². The molecule has 2 N–H and O–H groups in total. The summed E-state index contributed by atoms with van der Waals surface area (Å²) in [7, 11) is 0. The lowest BCUT2D eigenvalue weighted by atomic mass is 9.79. The number of nitrogens with two attached hydrogens (primary N) is 1. The number of aromatic nitrogens is 2. The van der Waals surface area contributed by atoms with E-state index < -0.39 is 29.4 Å². The molecule has 1 aromatic carbocycles. The molecule has 162 valence electrons. The van der Waals surface area contributed by atoms with Crippen LogP contribution in [0.25, 0.3) is 0 Å². The summed E-state index contributed by atoms with van der Waals surface area (Å²) in [4.78, 5) is 22.6. The molecule has 6 nitrogen and oxygen atoms in total. The van der Waals surface area contributed by atoms with E-state index in [1.807, 2.05) is 13.2 Å². The highest BCUT2D eigenvalue weighted by Gasteiger charge is 2.46. The van der Waals surface area contributed by atoms with E-state index in [-0.39, 0.29) is 13.0 Å². The molecular formula is C20H23F3N4O2S. The Bertz CT molecular complexity index is 941. The fraction of sp³-hybridized carbons (Fsp3) is 0.450. The summed E-state index contributed by atoms with van der Waals surface area (Å²) in [6.45, 7) is 3.61. The van der Waals surface area contributed by atoms with Crippen LogP contribution in [0.3, 0.4) is 0 Å². The Labute approximate surface area is 177 Å². The number of amides is 1. The highest BCUT2D eigenvalue weighted by molar-refractivity contribution is 7.98. The normalized spacial score (nSPS) is 21.3. The average Bonchev–Trinajstić information content (AvgIpc) is 2.72. The molecule has 0 unspecified atom stereocenters. The molecule has 3 rings (SSSR count). The molecule has 0 saturated carbocycles. The minimum absolute atomic E-state index is 0.123. The summed E-state index contributed by atoms with van der Waals surface area (Å²) in [6.07, 6.45) is -1.24. The molecule has 0 spiro atoms. The molecule has 1 aliphatic rings. The highest BCUT2D eigenvalue weighted by atomic mass is 32.2. The van der Waals surface area contributed by atoms with E-state index in [1.165, 1.54) is 22.7 Å². The predicted molar refractivity (Wildman–Crippen MR) is 108 cm³/mol. The number of halogens is 3. The Hall–Kier alpha value is -2.33. The number of hydrogen-bond acceptors (Lipinski definition) is 6. The zero-order valence-electron chi connectivity index (χ0n) is 16.9. The molecule has 1 aliphatic heterocycles. The first-order valence-corrected chi connectivity index (χ1v) is 10.7. The van der Waals surface area contributed by atoms with Gasteiger partial charge in [0, 0.05) is 12.1 Å². The van der Waals surface area contributed by atoms with Gasteiger partial charge >= 0.3 is 12.3 Å². The lowest BCUT2D eigenvalue weighted by Crippen LogP contribution is -2.61. The number of nitrogens with zero attached hydrogens (tertiary/aromatic N) is 3. The Kier molecular flexibility index (Phi) is 6.28. The summed E-state index contributed by atoms with van der Waals surface area (Å²) in [6, 6.07) is 4.98. The van der Waals surface area contributed by atoms with Crippen LogP contribution in [0.4, 0.5) is 23.7 Å². The molecule has 2 aromatic rings. The van der Waals surface area contributed by atoms with Crippen molar-refractivity contribution in [3.8, 4) is 0 Å². The quantitative estimate of drug-likeness (QED) is 0.544. The Morgan fingerprint density at radius 2 is 2.10 bits per heavy atom. The molecule has 0 bridgehead atoms. The number of benzene rings is 1. The zero-order chi connectivity index (χ0) is 22.1. The molecule has 30 heavy (non-hydrogen) atoms. The number of ether oxygens (including phenoxy) is 1. The fourth-order valence-corrected chi connectivity index (χ4v) is 4.05. The first-order chi connectivity index (χ1) is 14.1. The van der Waals surface area contributed by atoms with Crippen LogP contribution in [0.2, 0.25) is 0 Å².